The average molecular weight is 524 g/mol. The Balaban J connectivity index is 1.18. The summed E-state index contributed by atoms with van der Waals surface area (Å²) in [6, 6.07) is 5.25. The molecule has 0 radical (unpaired) electrons. The molecule has 1 aliphatic carbocycles. The van der Waals surface area contributed by atoms with Crippen molar-refractivity contribution < 1.29 is 28.9 Å². The number of rotatable bonds is 8. The highest BCUT2D eigenvalue weighted by Gasteiger charge is 2.27. The molecule has 4 heterocycles. The van der Waals surface area contributed by atoms with Crippen LogP contribution in [-0.2, 0) is 17.8 Å². The summed E-state index contributed by atoms with van der Waals surface area (Å²) in [4.78, 5) is 29.6. The lowest BCUT2D eigenvalue weighted by Crippen LogP contribution is -2.39. The van der Waals surface area contributed by atoms with Crippen LogP contribution in [0, 0.1) is 0 Å². The molecule has 3 aromatic heterocycles. The zero-order valence-electron chi connectivity index (χ0n) is 21.6. The van der Waals surface area contributed by atoms with Gasteiger partial charge in [0.25, 0.3) is 11.8 Å². The van der Waals surface area contributed by atoms with E-state index < -0.39 is 11.5 Å². The molecule has 0 aromatic carbocycles. The number of aliphatic hydroxyl groups is 1. The van der Waals surface area contributed by atoms with Gasteiger partial charge in [-0.05, 0) is 57.7 Å². The first-order chi connectivity index (χ1) is 18.2. The summed E-state index contributed by atoms with van der Waals surface area (Å²) in [6.07, 6.45) is 6.65. The predicted octanol–water partition coefficient (Wildman–Crippen LogP) is 2.17. The number of ether oxygens (including phenoxy) is 3. The van der Waals surface area contributed by atoms with Crippen molar-refractivity contribution in [2.24, 2.45) is 5.73 Å². The highest BCUT2D eigenvalue weighted by Crippen LogP contribution is 2.28. The molecule has 0 spiro atoms. The highest BCUT2D eigenvalue weighted by atomic mass is 16.5. The van der Waals surface area contributed by atoms with Gasteiger partial charge in [-0.2, -0.15) is 5.10 Å². The number of carbonyl (C=O) groups is 2. The summed E-state index contributed by atoms with van der Waals surface area (Å²) in [6.45, 7) is 4.48. The molecule has 0 unspecified atom stereocenters. The number of primary amides is 1. The third-order valence-electron chi connectivity index (χ3n) is 6.78. The Labute approximate surface area is 220 Å². The van der Waals surface area contributed by atoms with Crippen molar-refractivity contribution >= 4 is 17.3 Å². The number of pyridine rings is 2. The summed E-state index contributed by atoms with van der Waals surface area (Å²) in [5, 5.41) is 17.3. The molecule has 2 aliphatic rings. The largest absolute Gasteiger partial charge is 0.489 e. The van der Waals surface area contributed by atoms with Gasteiger partial charge in [0.15, 0.2) is 0 Å². The fraction of sp³-hybridized carbons (Fsp3) is 0.481. The van der Waals surface area contributed by atoms with E-state index in [1.807, 2.05) is 0 Å². The van der Waals surface area contributed by atoms with Crippen molar-refractivity contribution in [1.29, 1.82) is 0 Å². The van der Waals surface area contributed by atoms with Crippen LogP contribution in [0.15, 0.2) is 30.6 Å². The molecule has 0 bridgehead atoms. The van der Waals surface area contributed by atoms with Crippen molar-refractivity contribution in [3.8, 4) is 11.6 Å². The Hall–Kier alpha value is -3.70. The monoisotopic (exact) mass is 523 g/mol. The van der Waals surface area contributed by atoms with E-state index in [-0.39, 0.29) is 36.1 Å². The molecule has 0 saturated heterocycles. The molecule has 11 nitrogen and oxygen atoms in total. The Morgan fingerprint density at radius 3 is 2.76 bits per heavy atom. The highest BCUT2D eigenvalue weighted by molar-refractivity contribution is 6.00. The summed E-state index contributed by atoms with van der Waals surface area (Å²) in [5.41, 5.74) is 7.79. The number of fused-ring (bicyclic) bond motifs is 2. The number of nitrogens with one attached hydrogen (secondary N) is 1. The SMILES string of the molecule is CC(C)(O)COc1ccc2c(C(=O)NC3CCC(Oc4nc5c(cc4C(N)=O)COCC5)CC3)cnn2c1. The van der Waals surface area contributed by atoms with E-state index in [1.54, 1.807) is 42.8 Å². The van der Waals surface area contributed by atoms with E-state index in [2.05, 4.69) is 15.4 Å². The van der Waals surface area contributed by atoms with Crippen molar-refractivity contribution in [3.63, 3.8) is 0 Å². The standard InChI is InChI=1S/C27H33N5O6/c1-27(2,35)15-37-19-7-8-23-21(12-29-32(23)13-19)25(34)30-17-3-5-18(6-4-17)38-26-20(24(28)33)11-16-14-36-10-9-22(16)31-26/h7-8,11-13,17-18,35H,3-6,9-10,14-15H2,1-2H3,(H2,28,33)(H,30,34). The minimum absolute atomic E-state index is 0.00376. The first-order valence-electron chi connectivity index (χ1n) is 12.9. The first kappa shape index (κ1) is 25.9. The van der Waals surface area contributed by atoms with Crippen molar-refractivity contribution in [3.05, 3.63) is 53.0 Å². The number of amides is 2. The van der Waals surface area contributed by atoms with E-state index in [0.717, 1.165) is 24.1 Å². The molecule has 38 heavy (non-hydrogen) atoms. The molecule has 1 fully saturated rings. The zero-order chi connectivity index (χ0) is 26.9. The van der Waals surface area contributed by atoms with Crippen LogP contribution in [0.1, 0.15) is 71.5 Å². The smallest absolute Gasteiger partial charge is 0.255 e. The van der Waals surface area contributed by atoms with Gasteiger partial charge in [-0.25, -0.2) is 9.50 Å². The van der Waals surface area contributed by atoms with Crippen LogP contribution in [-0.4, -0.2) is 62.5 Å². The van der Waals surface area contributed by atoms with Gasteiger partial charge in [-0.1, -0.05) is 0 Å². The number of nitrogens with zero attached hydrogens (tertiary/aromatic N) is 3. The molecule has 4 N–H and O–H groups in total. The van der Waals surface area contributed by atoms with Gasteiger partial charge < -0.3 is 30.4 Å². The summed E-state index contributed by atoms with van der Waals surface area (Å²) >= 11 is 0. The number of hydrogen-bond donors (Lipinski definition) is 3. The second-order valence-corrected chi connectivity index (χ2v) is 10.5. The van der Waals surface area contributed by atoms with Crippen LogP contribution in [0.4, 0.5) is 0 Å². The van der Waals surface area contributed by atoms with Crippen LogP contribution in [0.5, 0.6) is 11.6 Å². The van der Waals surface area contributed by atoms with Gasteiger partial charge in [0.05, 0.1) is 48.0 Å². The van der Waals surface area contributed by atoms with E-state index in [4.69, 9.17) is 19.9 Å². The molecule has 1 saturated carbocycles. The zero-order valence-corrected chi connectivity index (χ0v) is 21.6. The van der Waals surface area contributed by atoms with E-state index in [9.17, 15) is 14.7 Å². The fourth-order valence-electron chi connectivity index (χ4n) is 4.76. The minimum Gasteiger partial charge on any atom is -0.489 e. The van der Waals surface area contributed by atoms with E-state index in [0.29, 0.717) is 49.3 Å². The second-order valence-electron chi connectivity index (χ2n) is 10.5. The Morgan fingerprint density at radius 2 is 2.03 bits per heavy atom. The number of carbonyl (C=O) groups excluding carboxylic acids is 2. The van der Waals surface area contributed by atoms with Crippen LogP contribution >= 0.6 is 0 Å². The molecule has 1 aliphatic heterocycles. The maximum atomic E-state index is 13.0. The van der Waals surface area contributed by atoms with Crippen LogP contribution in [0.3, 0.4) is 0 Å². The number of aromatic nitrogens is 3. The van der Waals surface area contributed by atoms with E-state index in [1.165, 1.54) is 6.20 Å². The van der Waals surface area contributed by atoms with Gasteiger partial charge in [0, 0.05) is 18.0 Å². The van der Waals surface area contributed by atoms with Gasteiger partial charge in [-0.15, -0.1) is 0 Å². The van der Waals surface area contributed by atoms with Crippen molar-refractivity contribution in [2.45, 2.75) is 70.3 Å². The van der Waals surface area contributed by atoms with Gasteiger partial charge >= 0.3 is 0 Å². The predicted molar refractivity (Wildman–Crippen MR) is 137 cm³/mol. The molecule has 5 rings (SSSR count). The quantitative estimate of drug-likeness (QED) is 0.407. The summed E-state index contributed by atoms with van der Waals surface area (Å²) in [5.74, 6) is 0.0624. The lowest BCUT2D eigenvalue weighted by molar-refractivity contribution is 0.0283. The van der Waals surface area contributed by atoms with E-state index >= 15 is 0 Å². The Morgan fingerprint density at radius 1 is 1.24 bits per heavy atom. The lowest BCUT2D eigenvalue weighted by atomic mass is 9.92. The maximum Gasteiger partial charge on any atom is 0.255 e. The van der Waals surface area contributed by atoms with Crippen LogP contribution in [0.2, 0.25) is 0 Å². The molecule has 0 atom stereocenters. The number of hydrogen-bond acceptors (Lipinski definition) is 8. The number of nitrogens with two attached hydrogens (primary N) is 1. The fourth-order valence-corrected chi connectivity index (χ4v) is 4.76. The van der Waals surface area contributed by atoms with Crippen LogP contribution in [0.25, 0.3) is 5.52 Å². The molecule has 202 valence electrons. The molecular formula is C27H33N5O6. The van der Waals surface area contributed by atoms with Crippen molar-refractivity contribution in [1.82, 2.24) is 19.9 Å². The lowest BCUT2D eigenvalue weighted by Gasteiger charge is -2.30. The third-order valence-corrected chi connectivity index (χ3v) is 6.78. The summed E-state index contributed by atoms with van der Waals surface area (Å²) in [7, 11) is 0. The Bertz CT molecular complexity index is 1340. The third kappa shape index (κ3) is 5.89. The van der Waals surface area contributed by atoms with Gasteiger partial charge in [0.2, 0.25) is 5.88 Å². The Kier molecular flexibility index (Phi) is 7.22. The molecule has 11 heteroatoms. The van der Waals surface area contributed by atoms with Gasteiger partial charge in [0.1, 0.15) is 24.0 Å². The molecule has 3 aromatic rings. The second kappa shape index (κ2) is 10.6. The molecule has 2 amide bonds. The first-order valence-corrected chi connectivity index (χ1v) is 12.9. The maximum absolute atomic E-state index is 13.0. The minimum atomic E-state index is -0.954. The van der Waals surface area contributed by atoms with Crippen molar-refractivity contribution in [2.75, 3.05) is 13.2 Å². The van der Waals surface area contributed by atoms with Crippen LogP contribution < -0.4 is 20.5 Å². The normalized spacial score (nSPS) is 19.6. The topological polar surface area (TPSA) is 150 Å². The molecular weight excluding hydrogens is 490 g/mol. The average Bonchev–Trinajstić information content (AvgIpc) is 3.31. The van der Waals surface area contributed by atoms with Gasteiger partial charge in [-0.3, -0.25) is 9.59 Å². The summed E-state index contributed by atoms with van der Waals surface area (Å²) < 4.78 is 18.8.